The van der Waals surface area contributed by atoms with Crippen molar-refractivity contribution in [3.63, 3.8) is 0 Å². The lowest BCUT2D eigenvalue weighted by Gasteiger charge is -2.21. The van der Waals surface area contributed by atoms with Crippen LogP contribution in [0.5, 0.6) is 0 Å². The van der Waals surface area contributed by atoms with Crippen molar-refractivity contribution >= 4 is 39.5 Å². The molecule has 0 saturated carbocycles. The smallest absolute Gasteiger partial charge is 0.462 e. The summed E-state index contributed by atoms with van der Waals surface area (Å²) in [4.78, 5) is 72.4. The SMILES string of the molecule is CCCCCCCCCCCCCCCCCCCC(=O)O[C@H](COC(=O)CCCCCCCCCCCCC(C)C)COP(=O)(O)OC[C@@H](O)COP(=O)(O)OC[C@@H](COC(=O)CCCCCCCCCC)OC(=O)CCCCCCCCCC(C)C. The molecule has 2 unspecified atom stereocenters. The summed E-state index contributed by atoms with van der Waals surface area (Å²) in [6.07, 6.45) is 46.0. The molecule has 0 aliphatic rings. The number of esters is 4. The van der Waals surface area contributed by atoms with E-state index in [0.29, 0.717) is 31.6 Å². The molecule has 0 rings (SSSR count). The molecule has 0 heterocycles. The summed E-state index contributed by atoms with van der Waals surface area (Å²) in [6.45, 7) is 9.45. The van der Waals surface area contributed by atoms with Gasteiger partial charge in [0.15, 0.2) is 12.2 Å². The Kier molecular flexibility index (Phi) is 59.9. The van der Waals surface area contributed by atoms with Gasteiger partial charge in [0, 0.05) is 25.7 Å². The highest BCUT2D eigenvalue weighted by atomic mass is 31.2. The summed E-state index contributed by atoms with van der Waals surface area (Å²) in [5.41, 5.74) is 0. The van der Waals surface area contributed by atoms with Crippen LogP contribution in [0.2, 0.25) is 0 Å². The van der Waals surface area contributed by atoms with Gasteiger partial charge in [0.2, 0.25) is 0 Å². The van der Waals surface area contributed by atoms with Crippen LogP contribution in [0, 0.1) is 11.8 Å². The van der Waals surface area contributed by atoms with Gasteiger partial charge < -0.3 is 33.8 Å². The maximum absolute atomic E-state index is 13.0. The second-order valence-corrected chi connectivity index (χ2v) is 28.8. The standard InChI is InChI=1S/C69H134O17P2/c1-7-9-11-13-15-17-18-19-20-21-22-23-24-29-35-41-47-53-68(73)85-64(58-80-67(72)52-46-40-34-28-26-25-27-31-37-43-49-61(3)4)59-83-87(75,76)81-55-63(70)56-82-88(77,78)84-60-65(57-79-66(71)51-45-39-33-16-14-12-10-8-2)86-69(74)54-48-42-36-30-32-38-44-50-62(5)6/h61-65,70H,7-60H2,1-6H3,(H,75,76)(H,77,78)/t63-,64-,65-/m1/s1. The fraction of sp³-hybridized carbons (Fsp3) is 0.942. The van der Waals surface area contributed by atoms with E-state index in [2.05, 4.69) is 41.5 Å². The number of phosphoric ester groups is 2. The van der Waals surface area contributed by atoms with Crippen molar-refractivity contribution in [2.75, 3.05) is 39.6 Å². The number of rotatable bonds is 68. The third kappa shape index (κ3) is 62.8. The number of carbonyl (C=O) groups is 4. The lowest BCUT2D eigenvalue weighted by Crippen LogP contribution is -2.30. The molecule has 0 aliphatic heterocycles. The van der Waals surface area contributed by atoms with Crippen molar-refractivity contribution in [3.05, 3.63) is 0 Å². The molecule has 0 bridgehead atoms. The Bertz CT molecular complexity index is 1720. The quantitative estimate of drug-likeness (QED) is 0.0222. The van der Waals surface area contributed by atoms with Crippen molar-refractivity contribution in [1.82, 2.24) is 0 Å². The van der Waals surface area contributed by atoms with Crippen LogP contribution < -0.4 is 0 Å². The van der Waals surface area contributed by atoms with Crippen LogP contribution in [0.4, 0.5) is 0 Å². The first-order chi connectivity index (χ1) is 42.4. The summed E-state index contributed by atoms with van der Waals surface area (Å²) >= 11 is 0. The van der Waals surface area contributed by atoms with Gasteiger partial charge in [0.05, 0.1) is 26.4 Å². The van der Waals surface area contributed by atoms with Gasteiger partial charge in [-0.1, -0.05) is 298 Å². The third-order valence-electron chi connectivity index (χ3n) is 16.0. The zero-order valence-corrected chi connectivity index (χ0v) is 58.8. The second-order valence-electron chi connectivity index (χ2n) is 25.9. The van der Waals surface area contributed by atoms with E-state index in [4.69, 9.17) is 37.0 Å². The van der Waals surface area contributed by atoms with E-state index in [9.17, 15) is 43.2 Å². The van der Waals surface area contributed by atoms with E-state index in [-0.39, 0.29) is 25.7 Å². The molecule has 0 saturated heterocycles. The second kappa shape index (κ2) is 61.3. The Labute approximate surface area is 537 Å². The van der Waals surface area contributed by atoms with Gasteiger partial charge in [0.25, 0.3) is 0 Å². The fourth-order valence-corrected chi connectivity index (χ4v) is 12.0. The molecular weight excluding hydrogens is 1160 g/mol. The molecule has 0 radical (unpaired) electrons. The normalized spacial score (nSPS) is 14.2. The van der Waals surface area contributed by atoms with E-state index >= 15 is 0 Å². The first-order valence-electron chi connectivity index (χ1n) is 36.0. The number of ether oxygens (including phenoxy) is 4. The Morgan fingerprint density at radius 2 is 0.523 bits per heavy atom. The molecule has 17 nitrogen and oxygen atoms in total. The van der Waals surface area contributed by atoms with Gasteiger partial charge in [-0.3, -0.25) is 37.3 Å². The summed E-state index contributed by atoms with van der Waals surface area (Å²) in [5.74, 6) is -0.675. The highest BCUT2D eigenvalue weighted by Crippen LogP contribution is 2.45. The van der Waals surface area contributed by atoms with Crippen LogP contribution in [0.1, 0.15) is 350 Å². The molecule has 0 aromatic rings. The number of hydrogen-bond donors (Lipinski definition) is 3. The summed E-state index contributed by atoms with van der Waals surface area (Å²) in [6, 6.07) is 0. The number of hydrogen-bond acceptors (Lipinski definition) is 15. The number of phosphoric acid groups is 2. The van der Waals surface area contributed by atoms with E-state index < -0.39 is 97.5 Å². The summed E-state index contributed by atoms with van der Waals surface area (Å²) in [7, 11) is -9.89. The molecule has 0 amide bonds. The Hall–Kier alpha value is -1.94. The minimum atomic E-state index is -4.95. The lowest BCUT2D eigenvalue weighted by molar-refractivity contribution is -0.161. The lowest BCUT2D eigenvalue weighted by atomic mass is 10.0. The third-order valence-corrected chi connectivity index (χ3v) is 17.9. The molecule has 0 aromatic carbocycles. The minimum Gasteiger partial charge on any atom is -0.462 e. The summed E-state index contributed by atoms with van der Waals surface area (Å²) in [5, 5.41) is 10.6. The van der Waals surface area contributed by atoms with E-state index in [0.717, 1.165) is 102 Å². The van der Waals surface area contributed by atoms with Crippen molar-refractivity contribution in [2.45, 2.75) is 368 Å². The van der Waals surface area contributed by atoms with Gasteiger partial charge in [-0.25, -0.2) is 9.13 Å². The van der Waals surface area contributed by atoms with E-state index in [1.54, 1.807) is 0 Å². The van der Waals surface area contributed by atoms with Gasteiger partial charge >= 0.3 is 39.5 Å². The number of aliphatic hydroxyl groups excluding tert-OH is 1. The van der Waals surface area contributed by atoms with E-state index in [1.165, 1.54) is 161 Å². The molecule has 0 fully saturated rings. The molecule has 0 aliphatic carbocycles. The van der Waals surface area contributed by atoms with Crippen LogP contribution in [-0.4, -0.2) is 96.7 Å². The first kappa shape index (κ1) is 86.1. The van der Waals surface area contributed by atoms with E-state index in [1.807, 2.05) is 0 Å². The van der Waals surface area contributed by atoms with Gasteiger partial charge in [0.1, 0.15) is 19.3 Å². The first-order valence-corrected chi connectivity index (χ1v) is 39.0. The Balaban J connectivity index is 5.21. The van der Waals surface area contributed by atoms with Gasteiger partial charge in [-0.05, 0) is 37.5 Å². The maximum Gasteiger partial charge on any atom is 0.472 e. The zero-order chi connectivity index (χ0) is 65.0. The molecule has 88 heavy (non-hydrogen) atoms. The molecule has 0 aromatic heterocycles. The largest absolute Gasteiger partial charge is 0.472 e. The van der Waals surface area contributed by atoms with Crippen LogP contribution in [0.3, 0.4) is 0 Å². The predicted molar refractivity (Wildman–Crippen MR) is 354 cm³/mol. The van der Waals surface area contributed by atoms with Gasteiger partial charge in [-0.2, -0.15) is 0 Å². The molecule has 522 valence electrons. The average Bonchev–Trinajstić information content (AvgIpc) is 3.62. The Morgan fingerprint density at radius 1 is 0.307 bits per heavy atom. The molecular formula is C69H134O17P2. The van der Waals surface area contributed by atoms with Gasteiger partial charge in [-0.15, -0.1) is 0 Å². The van der Waals surface area contributed by atoms with Crippen LogP contribution in [0.15, 0.2) is 0 Å². The monoisotopic (exact) mass is 1300 g/mol. The van der Waals surface area contributed by atoms with Crippen LogP contribution in [-0.2, 0) is 65.4 Å². The molecule has 5 atom stereocenters. The predicted octanol–water partition coefficient (Wildman–Crippen LogP) is 19.6. The average molecular weight is 1300 g/mol. The number of carbonyl (C=O) groups excluding carboxylic acids is 4. The zero-order valence-electron chi connectivity index (χ0n) is 57.0. The topological polar surface area (TPSA) is 237 Å². The maximum atomic E-state index is 13.0. The van der Waals surface area contributed by atoms with Crippen molar-refractivity contribution in [1.29, 1.82) is 0 Å². The molecule has 3 N–H and O–H groups in total. The number of aliphatic hydroxyl groups is 1. The highest BCUT2D eigenvalue weighted by molar-refractivity contribution is 7.47. The number of unbranched alkanes of at least 4 members (excludes halogenated alkanes) is 38. The highest BCUT2D eigenvalue weighted by Gasteiger charge is 2.30. The minimum absolute atomic E-state index is 0.103. The van der Waals surface area contributed by atoms with Crippen molar-refractivity contribution < 1.29 is 80.2 Å². The Morgan fingerprint density at radius 3 is 0.773 bits per heavy atom. The molecule has 0 spiro atoms. The fourth-order valence-electron chi connectivity index (χ4n) is 10.4. The van der Waals surface area contributed by atoms with Crippen molar-refractivity contribution in [2.24, 2.45) is 11.8 Å². The van der Waals surface area contributed by atoms with Crippen LogP contribution >= 0.6 is 15.6 Å². The summed E-state index contributed by atoms with van der Waals surface area (Å²) < 4.78 is 68.2. The van der Waals surface area contributed by atoms with Crippen LogP contribution in [0.25, 0.3) is 0 Å². The van der Waals surface area contributed by atoms with Crippen molar-refractivity contribution in [3.8, 4) is 0 Å². The molecule has 19 heteroatoms.